The van der Waals surface area contributed by atoms with Crippen molar-refractivity contribution in [3.63, 3.8) is 0 Å². The number of aromatic nitrogens is 2. The molecule has 0 unspecified atom stereocenters. The van der Waals surface area contributed by atoms with E-state index in [9.17, 15) is 4.79 Å². The Bertz CT molecular complexity index is 766. The monoisotopic (exact) mass is 336 g/mol. The third-order valence-corrected chi connectivity index (χ3v) is 5.21. The molecule has 0 spiro atoms. The fraction of sp³-hybridized carbons (Fsp3) is 0.450. The number of benzene rings is 1. The van der Waals surface area contributed by atoms with Crippen LogP contribution in [0.15, 0.2) is 30.5 Å². The number of carbonyl (C=O) groups excluding carboxylic acids is 1. The lowest BCUT2D eigenvalue weighted by molar-refractivity contribution is -0.131. The Morgan fingerprint density at radius 1 is 1.32 bits per heavy atom. The van der Waals surface area contributed by atoms with Crippen molar-refractivity contribution in [3.05, 3.63) is 58.7 Å². The zero-order chi connectivity index (χ0) is 17.2. The molecular formula is C20H24N4O. The van der Waals surface area contributed by atoms with Crippen LogP contribution in [-0.2, 0) is 24.2 Å². The van der Waals surface area contributed by atoms with E-state index >= 15 is 0 Å². The number of fused-ring (bicyclic) bond motifs is 1. The van der Waals surface area contributed by atoms with Crippen LogP contribution in [0, 0.1) is 6.92 Å². The van der Waals surface area contributed by atoms with Crippen molar-refractivity contribution >= 4 is 5.91 Å². The van der Waals surface area contributed by atoms with Gasteiger partial charge in [0.05, 0.1) is 12.1 Å². The average Bonchev–Trinajstić information content (AvgIpc) is 3.17. The number of carbonyl (C=O) groups is 1. The Morgan fingerprint density at radius 3 is 2.92 bits per heavy atom. The molecule has 2 aromatic rings. The summed E-state index contributed by atoms with van der Waals surface area (Å²) < 4.78 is 0. The van der Waals surface area contributed by atoms with Crippen LogP contribution in [0.25, 0.3) is 0 Å². The summed E-state index contributed by atoms with van der Waals surface area (Å²) in [5.74, 6) is 1.58. The lowest BCUT2D eigenvalue weighted by atomic mass is 10.0. The second kappa shape index (κ2) is 6.92. The van der Waals surface area contributed by atoms with Crippen LogP contribution >= 0.6 is 0 Å². The van der Waals surface area contributed by atoms with E-state index in [2.05, 4.69) is 29.4 Å². The normalized spacial score (nSPS) is 19.7. The van der Waals surface area contributed by atoms with Crippen molar-refractivity contribution in [2.75, 3.05) is 19.6 Å². The first kappa shape index (κ1) is 16.2. The molecule has 2 aliphatic heterocycles. The van der Waals surface area contributed by atoms with Crippen LogP contribution < -0.4 is 5.32 Å². The third-order valence-electron chi connectivity index (χ3n) is 5.21. The van der Waals surface area contributed by atoms with Crippen LogP contribution in [0.5, 0.6) is 0 Å². The van der Waals surface area contributed by atoms with Crippen LogP contribution in [0.1, 0.15) is 40.5 Å². The summed E-state index contributed by atoms with van der Waals surface area (Å²) in [6.07, 6.45) is 4.33. The molecule has 5 heteroatoms. The number of amides is 1. The molecule has 1 atom stereocenters. The molecule has 1 aromatic heterocycles. The number of hydrogen-bond acceptors (Lipinski definition) is 4. The van der Waals surface area contributed by atoms with E-state index < -0.39 is 0 Å². The minimum Gasteiger partial charge on any atom is -0.338 e. The van der Waals surface area contributed by atoms with E-state index in [-0.39, 0.29) is 5.91 Å². The maximum Gasteiger partial charge on any atom is 0.227 e. The Kier molecular flexibility index (Phi) is 4.49. The van der Waals surface area contributed by atoms with Gasteiger partial charge in [-0.3, -0.25) is 4.79 Å². The molecule has 0 aliphatic carbocycles. The number of nitrogens with zero attached hydrogens (tertiary/aromatic N) is 3. The van der Waals surface area contributed by atoms with Gasteiger partial charge in [0.1, 0.15) is 5.82 Å². The lowest BCUT2D eigenvalue weighted by Gasteiger charge is -2.28. The molecule has 1 fully saturated rings. The van der Waals surface area contributed by atoms with Crippen LogP contribution in [0.2, 0.25) is 0 Å². The predicted molar refractivity (Wildman–Crippen MR) is 96.3 cm³/mol. The van der Waals surface area contributed by atoms with Crippen molar-refractivity contribution in [2.45, 2.75) is 38.6 Å². The maximum atomic E-state index is 12.6. The molecule has 1 aromatic carbocycles. The summed E-state index contributed by atoms with van der Waals surface area (Å²) >= 11 is 0. The van der Waals surface area contributed by atoms with Gasteiger partial charge in [0, 0.05) is 43.7 Å². The molecule has 0 bridgehead atoms. The van der Waals surface area contributed by atoms with Gasteiger partial charge in [0.25, 0.3) is 0 Å². The highest BCUT2D eigenvalue weighted by Gasteiger charge is 2.25. The summed E-state index contributed by atoms with van der Waals surface area (Å²) in [6.45, 7) is 5.45. The number of aryl methyl sites for hydroxylation is 1. The molecule has 1 saturated heterocycles. The first-order valence-corrected chi connectivity index (χ1v) is 9.08. The minimum atomic E-state index is 0.179. The van der Waals surface area contributed by atoms with Crippen molar-refractivity contribution in [1.29, 1.82) is 0 Å². The number of hydrogen-bond donors (Lipinski definition) is 1. The second-order valence-corrected chi connectivity index (χ2v) is 7.12. The molecule has 0 radical (unpaired) electrons. The summed E-state index contributed by atoms with van der Waals surface area (Å²) in [6, 6.07) is 8.19. The first-order valence-electron chi connectivity index (χ1n) is 9.08. The Balaban J connectivity index is 1.43. The number of nitrogens with one attached hydrogen (secondary N) is 1. The van der Waals surface area contributed by atoms with Gasteiger partial charge < -0.3 is 10.2 Å². The highest BCUT2D eigenvalue weighted by atomic mass is 16.2. The van der Waals surface area contributed by atoms with Crippen molar-refractivity contribution < 1.29 is 4.79 Å². The van der Waals surface area contributed by atoms with Gasteiger partial charge in [0.2, 0.25) is 5.91 Å². The van der Waals surface area contributed by atoms with E-state index in [4.69, 9.17) is 4.98 Å². The summed E-state index contributed by atoms with van der Waals surface area (Å²) in [7, 11) is 0. The van der Waals surface area contributed by atoms with Crippen LogP contribution in [0.4, 0.5) is 0 Å². The fourth-order valence-electron chi connectivity index (χ4n) is 3.61. The van der Waals surface area contributed by atoms with E-state index in [1.807, 2.05) is 23.2 Å². The highest BCUT2D eigenvalue weighted by molar-refractivity contribution is 5.79. The lowest BCUT2D eigenvalue weighted by Crippen LogP contribution is -2.37. The standard InChI is InChI=1S/C20H24N4O/c1-14-2-4-15(5-3-14)10-19(25)24-9-7-18-17(13-24)12-22-20(23-18)16-6-8-21-11-16/h2-5,12,16,21H,6-11,13H2,1H3/t16-/m0/s1. The zero-order valence-electron chi connectivity index (χ0n) is 14.7. The Morgan fingerprint density at radius 2 is 2.16 bits per heavy atom. The summed E-state index contributed by atoms with van der Waals surface area (Å²) in [4.78, 5) is 23.9. The molecule has 5 nitrogen and oxygen atoms in total. The third kappa shape index (κ3) is 3.56. The van der Waals surface area contributed by atoms with Crippen molar-refractivity contribution in [3.8, 4) is 0 Å². The zero-order valence-corrected chi connectivity index (χ0v) is 14.7. The molecule has 3 heterocycles. The van der Waals surface area contributed by atoms with Crippen molar-refractivity contribution in [2.24, 2.45) is 0 Å². The predicted octanol–water partition coefficient (Wildman–Crippen LogP) is 1.99. The van der Waals surface area contributed by atoms with E-state index in [1.54, 1.807) is 0 Å². The van der Waals surface area contributed by atoms with Gasteiger partial charge >= 0.3 is 0 Å². The van der Waals surface area contributed by atoms with Gasteiger partial charge in [-0.1, -0.05) is 29.8 Å². The van der Waals surface area contributed by atoms with Gasteiger partial charge in [0.15, 0.2) is 0 Å². The van der Waals surface area contributed by atoms with Crippen molar-refractivity contribution in [1.82, 2.24) is 20.2 Å². The van der Waals surface area contributed by atoms with Crippen LogP contribution in [-0.4, -0.2) is 40.4 Å². The van der Waals surface area contributed by atoms with Gasteiger partial charge in [-0.15, -0.1) is 0 Å². The molecule has 2 aliphatic rings. The molecule has 25 heavy (non-hydrogen) atoms. The second-order valence-electron chi connectivity index (χ2n) is 7.12. The Hall–Kier alpha value is -2.27. The SMILES string of the molecule is Cc1ccc(CC(=O)N2CCc3nc([C@H]4CCNC4)ncc3C2)cc1. The van der Waals surface area contributed by atoms with Gasteiger partial charge in [-0.2, -0.15) is 0 Å². The number of rotatable bonds is 3. The van der Waals surface area contributed by atoms with E-state index in [0.29, 0.717) is 18.9 Å². The highest BCUT2D eigenvalue weighted by Crippen LogP contribution is 2.23. The largest absolute Gasteiger partial charge is 0.338 e. The van der Waals surface area contributed by atoms with Gasteiger partial charge in [-0.25, -0.2) is 9.97 Å². The van der Waals surface area contributed by atoms with E-state index in [0.717, 1.165) is 55.1 Å². The first-order chi connectivity index (χ1) is 12.2. The smallest absolute Gasteiger partial charge is 0.227 e. The molecule has 130 valence electrons. The maximum absolute atomic E-state index is 12.6. The van der Waals surface area contributed by atoms with E-state index in [1.165, 1.54) is 5.56 Å². The molecule has 0 saturated carbocycles. The Labute approximate surface area is 148 Å². The fourth-order valence-corrected chi connectivity index (χ4v) is 3.61. The molecule has 1 amide bonds. The average molecular weight is 336 g/mol. The van der Waals surface area contributed by atoms with Gasteiger partial charge in [-0.05, 0) is 25.5 Å². The molecular weight excluding hydrogens is 312 g/mol. The van der Waals surface area contributed by atoms with Crippen LogP contribution in [0.3, 0.4) is 0 Å². The summed E-state index contributed by atoms with van der Waals surface area (Å²) in [5, 5.41) is 3.37. The minimum absolute atomic E-state index is 0.179. The molecule has 1 N–H and O–H groups in total. The molecule has 4 rings (SSSR count). The summed E-state index contributed by atoms with van der Waals surface area (Å²) in [5.41, 5.74) is 4.50. The topological polar surface area (TPSA) is 58.1 Å². The quantitative estimate of drug-likeness (QED) is 0.931.